The van der Waals surface area contributed by atoms with E-state index < -0.39 is 17.6 Å². The zero-order valence-corrected chi connectivity index (χ0v) is 11.6. The Balaban J connectivity index is 1.83. The molecule has 1 fully saturated rings. The van der Waals surface area contributed by atoms with Crippen molar-refractivity contribution in [3.63, 3.8) is 0 Å². The minimum atomic E-state index is -0.791. The van der Waals surface area contributed by atoms with Gasteiger partial charge in [-0.1, -0.05) is 37.1 Å². The van der Waals surface area contributed by atoms with Crippen molar-refractivity contribution in [3.05, 3.63) is 35.4 Å². The largest absolute Gasteiger partial charge is 0.480 e. The Kier molecular flexibility index (Phi) is 3.52. The maximum Gasteiger partial charge on any atom is 0.321 e. The molecule has 1 aromatic carbocycles. The number of nitrogens with zero attached hydrogens (tertiary/aromatic N) is 1. The van der Waals surface area contributed by atoms with Crippen molar-refractivity contribution in [2.75, 3.05) is 6.54 Å². The van der Waals surface area contributed by atoms with Gasteiger partial charge in [-0.25, -0.2) is 0 Å². The highest BCUT2D eigenvalue weighted by Crippen LogP contribution is 2.33. The second kappa shape index (κ2) is 5.19. The van der Waals surface area contributed by atoms with E-state index in [0.29, 0.717) is 19.5 Å². The molecule has 2 N–H and O–H groups in total. The maximum atomic E-state index is 11.5. The molecular weight excluding hydrogens is 254 g/mol. The molecule has 20 heavy (non-hydrogen) atoms. The Hall–Kier alpha value is -1.39. The summed E-state index contributed by atoms with van der Waals surface area (Å²) in [5.74, 6) is -0.791. The number of carbonyl (C=O) groups is 1. The summed E-state index contributed by atoms with van der Waals surface area (Å²) in [7, 11) is 0. The third-order valence-electron chi connectivity index (χ3n) is 4.66. The third-order valence-corrected chi connectivity index (χ3v) is 4.66. The summed E-state index contributed by atoms with van der Waals surface area (Å²) in [6.45, 7) is 1.09. The minimum Gasteiger partial charge on any atom is -0.480 e. The van der Waals surface area contributed by atoms with Gasteiger partial charge in [0.25, 0.3) is 0 Å². The number of carboxylic acids is 1. The molecule has 1 aliphatic carbocycles. The molecule has 108 valence electrons. The molecule has 2 aliphatic rings. The first-order valence-corrected chi connectivity index (χ1v) is 7.33. The van der Waals surface area contributed by atoms with Crippen LogP contribution in [0, 0.1) is 0 Å². The summed E-state index contributed by atoms with van der Waals surface area (Å²) < 4.78 is 0. The van der Waals surface area contributed by atoms with E-state index in [0.717, 1.165) is 31.2 Å². The summed E-state index contributed by atoms with van der Waals surface area (Å²) in [5.41, 5.74) is 1.61. The second-order valence-corrected chi connectivity index (χ2v) is 6.16. The van der Waals surface area contributed by atoms with Gasteiger partial charge in [-0.2, -0.15) is 0 Å². The molecule has 1 heterocycles. The molecule has 0 aromatic heterocycles. The zero-order chi connectivity index (χ0) is 14.2. The van der Waals surface area contributed by atoms with Crippen molar-refractivity contribution in [1.29, 1.82) is 0 Å². The maximum absolute atomic E-state index is 11.5. The van der Waals surface area contributed by atoms with E-state index >= 15 is 0 Å². The fourth-order valence-corrected chi connectivity index (χ4v) is 3.56. The van der Waals surface area contributed by atoms with Gasteiger partial charge in [-0.3, -0.25) is 9.69 Å². The van der Waals surface area contributed by atoms with Crippen molar-refractivity contribution in [2.45, 2.75) is 50.3 Å². The fourth-order valence-electron chi connectivity index (χ4n) is 3.56. The van der Waals surface area contributed by atoms with Gasteiger partial charge in [0.1, 0.15) is 6.04 Å². The van der Waals surface area contributed by atoms with Gasteiger partial charge in [0.05, 0.1) is 5.60 Å². The first-order valence-electron chi connectivity index (χ1n) is 7.33. The van der Waals surface area contributed by atoms with Gasteiger partial charge in [0.2, 0.25) is 0 Å². The van der Waals surface area contributed by atoms with E-state index in [1.807, 2.05) is 23.1 Å². The van der Waals surface area contributed by atoms with Crippen molar-refractivity contribution < 1.29 is 15.0 Å². The average Bonchev–Trinajstić information content (AvgIpc) is 2.84. The number of β-amino-alcohol motifs (C(OH)–C–C–N with tert-alkyl or cyclic N) is 1. The Morgan fingerprint density at radius 1 is 1.25 bits per heavy atom. The van der Waals surface area contributed by atoms with Gasteiger partial charge in [-0.05, 0) is 30.4 Å². The van der Waals surface area contributed by atoms with Crippen molar-refractivity contribution in [1.82, 2.24) is 4.90 Å². The number of rotatable bonds is 3. The number of hydrogen-bond acceptors (Lipinski definition) is 3. The Morgan fingerprint density at radius 2 is 1.90 bits per heavy atom. The topological polar surface area (TPSA) is 60.8 Å². The van der Waals surface area contributed by atoms with Crippen LogP contribution in [0.2, 0.25) is 0 Å². The van der Waals surface area contributed by atoms with Crippen LogP contribution in [-0.4, -0.2) is 39.3 Å². The van der Waals surface area contributed by atoms with Crippen LogP contribution in [0.15, 0.2) is 24.3 Å². The van der Waals surface area contributed by atoms with E-state index in [4.69, 9.17) is 0 Å². The lowest BCUT2D eigenvalue weighted by Crippen LogP contribution is -2.51. The quantitative estimate of drug-likeness (QED) is 0.883. The fraction of sp³-hybridized carbons (Fsp3) is 0.562. The molecular formula is C16H21NO3. The van der Waals surface area contributed by atoms with Crippen LogP contribution >= 0.6 is 0 Å². The highest BCUT2D eigenvalue weighted by Gasteiger charge is 2.39. The van der Waals surface area contributed by atoms with Crippen molar-refractivity contribution >= 4 is 5.97 Å². The molecule has 1 atom stereocenters. The van der Waals surface area contributed by atoms with Gasteiger partial charge < -0.3 is 10.2 Å². The Labute approximate surface area is 119 Å². The number of aliphatic carboxylic acids is 1. The average molecular weight is 275 g/mol. The highest BCUT2D eigenvalue weighted by molar-refractivity contribution is 5.74. The monoisotopic (exact) mass is 275 g/mol. The molecule has 0 saturated heterocycles. The number of aliphatic hydroxyl groups is 1. The molecule has 4 heteroatoms. The van der Waals surface area contributed by atoms with E-state index in [1.54, 1.807) is 0 Å². The predicted octanol–water partition coefficient (Wildman–Crippen LogP) is 1.80. The van der Waals surface area contributed by atoms with E-state index in [2.05, 4.69) is 6.07 Å². The smallest absolute Gasteiger partial charge is 0.321 e. The van der Waals surface area contributed by atoms with Crippen molar-refractivity contribution in [2.24, 2.45) is 0 Å². The molecule has 1 saturated carbocycles. The summed E-state index contributed by atoms with van der Waals surface area (Å²) in [6.07, 6.45) is 4.19. The normalized spacial score (nSPS) is 25.4. The molecule has 0 spiro atoms. The van der Waals surface area contributed by atoms with Gasteiger partial charge in [0, 0.05) is 13.1 Å². The van der Waals surface area contributed by atoms with Gasteiger partial charge in [0.15, 0.2) is 0 Å². The van der Waals surface area contributed by atoms with Crippen LogP contribution in [0.1, 0.15) is 36.8 Å². The molecule has 0 bridgehead atoms. The number of fused-ring (bicyclic) bond motifs is 1. The predicted molar refractivity (Wildman–Crippen MR) is 75.4 cm³/mol. The standard InChI is InChI=1S/C16H21NO3/c18-15(19)14-9-12-5-1-2-6-13(12)10-17(14)11-16(20)7-3-4-8-16/h1-2,5-6,14,20H,3-4,7-11H2,(H,18,19)/t14-/m0/s1. The molecule has 3 rings (SSSR count). The van der Waals surface area contributed by atoms with Gasteiger partial charge >= 0.3 is 5.97 Å². The van der Waals surface area contributed by atoms with Crippen LogP contribution in [0.4, 0.5) is 0 Å². The number of benzene rings is 1. The summed E-state index contributed by atoms with van der Waals surface area (Å²) in [6, 6.07) is 7.49. The van der Waals surface area contributed by atoms with E-state index in [9.17, 15) is 15.0 Å². The highest BCUT2D eigenvalue weighted by atomic mass is 16.4. The lowest BCUT2D eigenvalue weighted by molar-refractivity contribution is -0.145. The summed E-state index contributed by atoms with van der Waals surface area (Å²) >= 11 is 0. The van der Waals surface area contributed by atoms with Gasteiger partial charge in [-0.15, -0.1) is 0 Å². The lowest BCUT2D eigenvalue weighted by Gasteiger charge is -2.38. The zero-order valence-electron chi connectivity index (χ0n) is 11.6. The first-order chi connectivity index (χ1) is 9.57. The summed E-state index contributed by atoms with van der Waals surface area (Å²) in [5, 5.41) is 20.0. The SMILES string of the molecule is O=C(O)[C@@H]1Cc2ccccc2CN1CC1(O)CCCC1. The van der Waals surface area contributed by atoms with E-state index in [1.165, 1.54) is 5.56 Å². The summed E-state index contributed by atoms with van der Waals surface area (Å²) in [4.78, 5) is 13.5. The van der Waals surface area contributed by atoms with Crippen LogP contribution < -0.4 is 0 Å². The molecule has 1 aromatic rings. The first kappa shape index (κ1) is 13.6. The molecule has 1 aliphatic heterocycles. The molecule has 4 nitrogen and oxygen atoms in total. The van der Waals surface area contributed by atoms with E-state index in [-0.39, 0.29) is 0 Å². The van der Waals surface area contributed by atoms with Crippen molar-refractivity contribution in [3.8, 4) is 0 Å². The Bertz CT molecular complexity index is 508. The number of carboxylic acid groups (broad SMARTS) is 1. The Morgan fingerprint density at radius 3 is 2.55 bits per heavy atom. The van der Waals surface area contributed by atoms with Crippen LogP contribution in [-0.2, 0) is 17.8 Å². The molecule has 0 radical (unpaired) electrons. The van der Waals surface area contributed by atoms with Crippen LogP contribution in [0.25, 0.3) is 0 Å². The third kappa shape index (κ3) is 2.58. The number of hydrogen-bond donors (Lipinski definition) is 2. The van der Waals surface area contributed by atoms with Crippen LogP contribution in [0.3, 0.4) is 0 Å². The molecule has 0 amide bonds. The minimum absolute atomic E-state index is 0.471. The van der Waals surface area contributed by atoms with Crippen LogP contribution in [0.5, 0.6) is 0 Å². The molecule has 0 unspecified atom stereocenters. The lowest BCUT2D eigenvalue weighted by atomic mass is 9.91. The second-order valence-electron chi connectivity index (χ2n) is 6.16.